The van der Waals surface area contributed by atoms with Crippen molar-refractivity contribution in [3.63, 3.8) is 0 Å². The third-order valence-electron chi connectivity index (χ3n) is 3.04. The topological polar surface area (TPSA) is 0 Å². The molecule has 0 radical (unpaired) electrons. The van der Waals surface area contributed by atoms with Gasteiger partial charge in [-0.25, -0.2) is 0 Å². The first-order valence-electron chi connectivity index (χ1n) is 5.75. The predicted octanol–water partition coefficient (Wildman–Crippen LogP) is 4.39. The molecule has 0 bridgehead atoms. The van der Waals surface area contributed by atoms with E-state index in [0.717, 1.165) is 6.42 Å². The molecule has 0 saturated carbocycles. The number of benzene rings is 1. The lowest BCUT2D eigenvalue weighted by Crippen LogP contribution is -2.07. The SMILES string of the molecule is C=C(C(C)C)C(C)Cc1ccc(C)cc1. The molecule has 1 rings (SSSR count). The summed E-state index contributed by atoms with van der Waals surface area (Å²) in [4.78, 5) is 0. The van der Waals surface area contributed by atoms with E-state index in [9.17, 15) is 0 Å². The Morgan fingerprint density at radius 1 is 1.13 bits per heavy atom. The number of hydrogen-bond donors (Lipinski definition) is 0. The van der Waals surface area contributed by atoms with Gasteiger partial charge in [0.1, 0.15) is 0 Å². The summed E-state index contributed by atoms with van der Waals surface area (Å²) in [5.41, 5.74) is 4.10. The summed E-state index contributed by atoms with van der Waals surface area (Å²) in [7, 11) is 0. The van der Waals surface area contributed by atoms with Crippen LogP contribution in [0.2, 0.25) is 0 Å². The molecule has 0 aromatic heterocycles. The maximum atomic E-state index is 4.17. The van der Waals surface area contributed by atoms with E-state index >= 15 is 0 Å². The minimum Gasteiger partial charge on any atom is -0.0993 e. The van der Waals surface area contributed by atoms with Gasteiger partial charge in [0.25, 0.3) is 0 Å². The Bertz CT molecular complexity index is 316. The minimum absolute atomic E-state index is 0.577. The second-order valence-electron chi connectivity index (χ2n) is 4.82. The van der Waals surface area contributed by atoms with Crippen molar-refractivity contribution in [1.29, 1.82) is 0 Å². The second-order valence-corrected chi connectivity index (χ2v) is 4.82. The third kappa shape index (κ3) is 3.54. The van der Waals surface area contributed by atoms with E-state index in [2.05, 4.69) is 58.5 Å². The average molecular weight is 202 g/mol. The van der Waals surface area contributed by atoms with Gasteiger partial charge in [-0.2, -0.15) is 0 Å². The molecule has 0 nitrogen and oxygen atoms in total. The van der Waals surface area contributed by atoms with Gasteiger partial charge in [0.2, 0.25) is 0 Å². The highest BCUT2D eigenvalue weighted by atomic mass is 14.2. The van der Waals surface area contributed by atoms with Crippen molar-refractivity contribution in [3.05, 3.63) is 47.5 Å². The molecular weight excluding hydrogens is 180 g/mol. The van der Waals surface area contributed by atoms with Crippen molar-refractivity contribution in [3.8, 4) is 0 Å². The maximum absolute atomic E-state index is 4.17. The predicted molar refractivity (Wildman–Crippen MR) is 68.0 cm³/mol. The molecule has 1 aromatic carbocycles. The molecule has 0 saturated heterocycles. The van der Waals surface area contributed by atoms with Crippen LogP contribution in [-0.2, 0) is 6.42 Å². The first kappa shape index (κ1) is 12.0. The van der Waals surface area contributed by atoms with Crippen LogP contribution in [0.3, 0.4) is 0 Å². The first-order chi connectivity index (χ1) is 7.00. The molecule has 15 heavy (non-hydrogen) atoms. The van der Waals surface area contributed by atoms with Gasteiger partial charge in [-0.3, -0.25) is 0 Å². The monoisotopic (exact) mass is 202 g/mol. The summed E-state index contributed by atoms with van der Waals surface area (Å²) < 4.78 is 0. The van der Waals surface area contributed by atoms with Gasteiger partial charge in [0.15, 0.2) is 0 Å². The van der Waals surface area contributed by atoms with Crippen molar-refractivity contribution in [2.45, 2.75) is 34.1 Å². The molecule has 0 spiro atoms. The molecule has 82 valence electrons. The molecule has 0 N–H and O–H groups in total. The fourth-order valence-electron chi connectivity index (χ4n) is 1.78. The maximum Gasteiger partial charge on any atom is -0.0191 e. The molecule has 0 aliphatic rings. The fraction of sp³-hybridized carbons (Fsp3) is 0.467. The highest BCUT2D eigenvalue weighted by Gasteiger charge is 2.10. The van der Waals surface area contributed by atoms with Crippen LogP contribution in [0.1, 0.15) is 31.9 Å². The van der Waals surface area contributed by atoms with E-state index in [0.29, 0.717) is 11.8 Å². The Morgan fingerprint density at radius 3 is 2.13 bits per heavy atom. The van der Waals surface area contributed by atoms with Crippen molar-refractivity contribution >= 4 is 0 Å². The Hall–Kier alpha value is -1.04. The number of rotatable bonds is 4. The zero-order valence-corrected chi connectivity index (χ0v) is 10.4. The summed E-state index contributed by atoms with van der Waals surface area (Å²) in [6, 6.07) is 8.80. The zero-order valence-electron chi connectivity index (χ0n) is 10.4. The molecule has 0 heterocycles. The van der Waals surface area contributed by atoms with Gasteiger partial charge < -0.3 is 0 Å². The van der Waals surface area contributed by atoms with Crippen LogP contribution in [0.25, 0.3) is 0 Å². The average Bonchev–Trinajstić information content (AvgIpc) is 2.20. The molecule has 1 atom stereocenters. The van der Waals surface area contributed by atoms with E-state index in [-0.39, 0.29) is 0 Å². The molecule has 0 aliphatic heterocycles. The standard InChI is InChI=1S/C15H22/c1-11(2)14(5)13(4)10-15-8-6-12(3)7-9-15/h6-9,11,13H,5,10H2,1-4H3. The fourth-order valence-corrected chi connectivity index (χ4v) is 1.78. The highest BCUT2D eigenvalue weighted by molar-refractivity contribution is 5.23. The van der Waals surface area contributed by atoms with Gasteiger partial charge in [-0.15, -0.1) is 0 Å². The number of allylic oxidation sites excluding steroid dienone is 1. The van der Waals surface area contributed by atoms with Gasteiger partial charge >= 0.3 is 0 Å². The van der Waals surface area contributed by atoms with Crippen LogP contribution in [0, 0.1) is 18.8 Å². The molecule has 1 unspecified atom stereocenters. The van der Waals surface area contributed by atoms with Crippen molar-refractivity contribution in [1.82, 2.24) is 0 Å². The lowest BCUT2D eigenvalue weighted by Gasteiger charge is -2.18. The van der Waals surface area contributed by atoms with E-state index in [4.69, 9.17) is 0 Å². The Kier molecular flexibility index (Phi) is 4.14. The van der Waals surface area contributed by atoms with Crippen molar-refractivity contribution < 1.29 is 0 Å². The van der Waals surface area contributed by atoms with Crippen molar-refractivity contribution in [2.24, 2.45) is 11.8 Å². The third-order valence-corrected chi connectivity index (χ3v) is 3.04. The van der Waals surface area contributed by atoms with Gasteiger partial charge in [0.05, 0.1) is 0 Å². The molecule has 1 aromatic rings. The summed E-state index contributed by atoms with van der Waals surface area (Å²) in [5, 5.41) is 0. The summed E-state index contributed by atoms with van der Waals surface area (Å²) in [5.74, 6) is 1.16. The van der Waals surface area contributed by atoms with Gasteiger partial charge in [-0.1, -0.05) is 62.8 Å². The van der Waals surface area contributed by atoms with E-state index in [1.165, 1.54) is 16.7 Å². The normalized spacial score (nSPS) is 12.9. The second kappa shape index (κ2) is 5.16. The molecule has 0 fully saturated rings. The van der Waals surface area contributed by atoms with Crippen LogP contribution < -0.4 is 0 Å². The van der Waals surface area contributed by atoms with E-state index < -0.39 is 0 Å². The number of hydrogen-bond acceptors (Lipinski definition) is 0. The first-order valence-corrected chi connectivity index (χ1v) is 5.75. The zero-order chi connectivity index (χ0) is 11.4. The molecule has 0 aliphatic carbocycles. The molecule has 0 amide bonds. The minimum atomic E-state index is 0.577. The van der Waals surface area contributed by atoms with Crippen LogP contribution in [-0.4, -0.2) is 0 Å². The Morgan fingerprint density at radius 2 is 1.67 bits per heavy atom. The van der Waals surface area contributed by atoms with Crippen LogP contribution in [0.15, 0.2) is 36.4 Å². The van der Waals surface area contributed by atoms with Crippen LogP contribution >= 0.6 is 0 Å². The quantitative estimate of drug-likeness (QED) is 0.635. The van der Waals surface area contributed by atoms with Gasteiger partial charge in [-0.05, 0) is 30.7 Å². The van der Waals surface area contributed by atoms with Crippen LogP contribution in [0.4, 0.5) is 0 Å². The van der Waals surface area contributed by atoms with Gasteiger partial charge in [0, 0.05) is 0 Å². The molecular formula is C15H22. The lowest BCUT2D eigenvalue weighted by atomic mass is 9.88. The highest BCUT2D eigenvalue weighted by Crippen LogP contribution is 2.21. The largest absolute Gasteiger partial charge is 0.0993 e. The number of aryl methyl sites for hydroxylation is 1. The van der Waals surface area contributed by atoms with Crippen molar-refractivity contribution in [2.75, 3.05) is 0 Å². The Labute approximate surface area is 94.0 Å². The lowest BCUT2D eigenvalue weighted by molar-refractivity contribution is 0.584. The summed E-state index contributed by atoms with van der Waals surface area (Å²) >= 11 is 0. The summed E-state index contributed by atoms with van der Waals surface area (Å²) in [6.45, 7) is 13.0. The van der Waals surface area contributed by atoms with Crippen LogP contribution in [0.5, 0.6) is 0 Å². The summed E-state index contributed by atoms with van der Waals surface area (Å²) in [6.07, 6.45) is 1.11. The smallest absolute Gasteiger partial charge is 0.0191 e. The Balaban J connectivity index is 2.62. The van der Waals surface area contributed by atoms with E-state index in [1.54, 1.807) is 0 Å². The van der Waals surface area contributed by atoms with E-state index in [1.807, 2.05) is 0 Å². The molecule has 0 heteroatoms.